The number of hydrogen-bond acceptors (Lipinski definition) is 3. The number of ketones is 1. The van der Waals surface area contributed by atoms with Crippen LogP contribution in [0.25, 0.3) is 32.8 Å². The van der Waals surface area contributed by atoms with Crippen molar-refractivity contribution in [2.24, 2.45) is 0 Å². The fraction of sp³-hybridized carbons (Fsp3) is 0.0556. The first kappa shape index (κ1) is 28.4. The number of hydrogen-bond donors (Lipinski definition) is 1. The molecule has 0 aliphatic carbocycles. The molecule has 3 nitrogen and oxygen atoms in total. The van der Waals surface area contributed by atoms with Crippen molar-refractivity contribution in [1.29, 1.82) is 0 Å². The zero-order valence-electron chi connectivity index (χ0n) is 22.8. The van der Waals surface area contributed by atoms with Crippen LogP contribution in [0.2, 0.25) is 0 Å². The summed E-state index contributed by atoms with van der Waals surface area (Å²) in [6, 6.07) is 45.7. The number of allylic oxidation sites excluding steroid dienone is 2. The Morgan fingerprint density at radius 1 is 0.707 bits per heavy atom. The van der Waals surface area contributed by atoms with E-state index in [1.165, 1.54) is 62.2 Å². The van der Waals surface area contributed by atoms with E-state index in [-0.39, 0.29) is 31.6 Å². The summed E-state index contributed by atoms with van der Waals surface area (Å²) in [6.07, 6.45) is 3.08. The van der Waals surface area contributed by atoms with Gasteiger partial charge in [-0.3, -0.25) is 4.79 Å². The number of fused-ring (bicyclic) bond motifs is 5. The minimum Gasteiger partial charge on any atom is -0.512 e. The summed E-state index contributed by atoms with van der Waals surface area (Å²) in [5.41, 5.74) is 2.24. The van der Waals surface area contributed by atoms with E-state index in [2.05, 4.69) is 115 Å². The van der Waals surface area contributed by atoms with Crippen LogP contribution >= 0.6 is 0 Å². The monoisotopic (exact) mass is 727 g/mol. The second-order valence-electron chi connectivity index (χ2n) is 10.1. The third-order valence-corrected chi connectivity index (χ3v) is 12.4. The van der Waals surface area contributed by atoms with Crippen molar-refractivity contribution < 1.29 is 30.0 Å². The Bertz CT molecular complexity index is 1790. The summed E-state index contributed by atoms with van der Waals surface area (Å²) in [6.45, 7) is 2.85. The van der Waals surface area contributed by atoms with Crippen LogP contribution in [0.5, 0.6) is 0 Å². The van der Waals surface area contributed by atoms with Gasteiger partial charge in [0.15, 0.2) is 5.78 Å². The quantitative estimate of drug-likeness (QED) is 0.112. The summed E-state index contributed by atoms with van der Waals surface area (Å²) < 4.78 is 0. The predicted molar refractivity (Wildman–Crippen MR) is 168 cm³/mol. The first-order chi connectivity index (χ1) is 19.5. The van der Waals surface area contributed by atoms with Crippen LogP contribution < -0.4 is 20.7 Å². The molecule has 0 fully saturated rings. The fourth-order valence-corrected chi connectivity index (χ4v) is 11.6. The van der Waals surface area contributed by atoms with Crippen LogP contribution in [-0.4, -0.2) is 23.9 Å². The van der Waals surface area contributed by atoms with Crippen LogP contribution in [0.4, 0.5) is 0 Å². The van der Waals surface area contributed by atoms with E-state index in [0.717, 1.165) is 11.3 Å². The molecule has 0 unspecified atom stereocenters. The number of carbonyl (C=O) groups excluding carboxylic acids is 1. The van der Waals surface area contributed by atoms with Gasteiger partial charge in [0.05, 0.1) is 5.76 Å². The molecule has 0 amide bonds. The van der Waals surface area contributed by atoms with Gasteiger partial charge in [-0.1, -0.05) is 96.2 Å². The Morgan fingerprint density at radius 3 is 1.80 bits per heavy atom. The number of aliphatic hydroxyl groups is 1. The number of nitrogens with zero attached hydrogens (tertiary/aromatic N) is 1. The molecule has 6 aromatic rings. The maximum absolute atomic E-state index is 10.0. The zero-order chi connectivity index (χ0) is 27.7. The summed E-state index contributed by atoms with van der Waals surface area (Å²) in [4.78, 5) is 14.9. The molecule has 5 aromatic carbocycles. The van der Waals surface area contributed by atoms with E-state index in [1.54, 1.807) is 0 Å². The third kappa shape index (κ3) is 4.87. The van der Waals surface area contributed by atoms with Crippen molar-refractivity contribution >= 4 is 56.1 Å². The van der Waals surface area contributed by atoms with Crippen LogP contribution in [-0.2, 0) is 24.9 Å². The third-order valence-electron chi connectivity index (χ3n) is 7.51. The molecule has 1 aliphatic heterocycles. The van der Waals surface area contributed by atoms with Crippen molar-refractivity contribution in [2.75, 3.05) is 0 Å². The normalized spacial score (nSPS) is 13.0. The molecule has 7 rings (SSSR count). The molecule has 203 valence electrons. The second kappa shape index (κ2) is 11.8. The average Bonchev–Trinajstić information content (AvgIpc) is 3.27. The van der Waals surface area contributed by atoms with Gasteiger partial charge in [-0.15, -0.1) is 35.0 Å². The van der Waals surface area contributed by atoms with Crippen LogP contribution in [0.3, 0.4) is 0 Å². The van der Waals surface area contributed by atoms with Gasteiger partial charge >= 0.3 is 0 Å². The molecule has 2 heterocycles. The molecule has 1 radical (unpaired) electrons. The standard InChI is InChI=1S/C31H20NSi.C5H8O2.Ir/c1-3-14-24-22(10-1)12-7-18-27(24)33(28-19-8-13-23-11-2-4-15-25(23)28)29-17-6-5-16-26(29)31-30(33)20-9-21-32-31;1-4(6)3-5(2)7;/h1-15,17-21H;3,6H,1-2H3;/q-1;;/b;4-3-;. The van der Waals surface area contributed by atoms with Crippen LogP contribution in [0.1, 0.15) is 13.8 Å². The largest absolute Gasteiger partial charge is 0.512 e. The Balaban J connectivity index is 0.000000379. The average molecular weight is 727 g/mol. The van der Waals surface area contributed by atoms with E-state index in [4.69, 9.17) is 10.1 Å². The summed E-state index contributed by atoms with van der Waals surface area (Å²) in [5.74, 6) is -0.0625. The van der Waals surface area contributed by atoms with Crippen LogP contribution in [0, 0.1) is 6.07 Å². The van der Waals surface area contributed by atoms with Gasteiger partial charge in [0, 0.05) is 32.4 Å². The van der Waals surface area contributed by atoms with E-state index in [0.29, 0.717) is 0 Å². The van der Waals surface area contributed by atoms with Crippen LogP contribution in [0.15, 0.2) is 133 Å². The Labute approximate surface area is 254 Å². The van der Waals surface area contributed by atoms with Crippen molar-refractivity contribution in [2.45, 2.75) is 13.8 Å². The number of carbonyl (C=O) groups is 1. The number of pyridine rings is 1. The molecule has 0 saturated carbocycles. The van der Waals surface area contributed by atoms with Gasteiger partial charge in [0.1, 0.15) is 8.07 Å². The van der Waals surface area contributed by atoms with Gasteiger partial charge in [0.25, 0.3) is 0 Å². The first-order valence-electron chi connectivity index (χ1n) is 13.3. The molecule has 1 N–H and O–H groups in total. The molecule has 0 spiro atoms. The number of benzene rings is 5. The van der Waals surface area contributed by atoms with E-state index in [1.807, 2.05) is 12.3 Å². The predicted octanol–water partition coefficient (Wildman–Crippen LogP) is 5.58. The Morgan fingerprint density at radius 2 is 1.24 bits per heavy atom. The summed E-state index contributed by atoms with van der Waals surface area (Å²) in [7, 11) is -2.65. The minimum absolute atomic E-state index is 0. The number of rotatable bonds is 3. The zero-order valence-corrected chi connectivity index (χ0v) is 26.2. The van der Waals surface area contributed by atoms with Crippen molar-refractivity contribution in [3.63, 3.8) is 0 Å². The molecule has 0 bridgehead atoms. The summed E-state index contributed by atoms with van der Waals surface area (Å²) in [5, 5.41) is 19.1. The number of aromatic nitrogens is 1. The van der Waals surface area contributed by atoms with E-state index >= 15 is 0 Å². The topological polar surface area (TPSA) is 50.2 Å². The molecule has 41 heavy (non-hydrogen) atoms. The SMILES string of the molecule is CC(=O)/C=C(/C)O.[Ir].[c-]1cccc2c1-c1ncccc1[Si]2(c1cccc2ccccc12)c1cccc2ccccc12. The fourth-order valence-electron chi connectivity index (χ4n) is 6.12. The maximum Gasteiger partial charge on any atom is 0.155 e. The van der Waals surface area contributed by atoms with E-state index < -0.39 is 8.07 Å². The Hall–Kier alpha value is -4.15. The number of aliphatic hydroxyl groups excluding tert-OH is 1. The van der Waals surface area contributed by atoms with Gasteiger partial charge in [-0.25, -0.2) is 0 Å². The summed E-state index contributed by atoms with van der Waals surface area (Å²) >= 11 is 0. The van der Waals surface area contributed by atoms with Gasteiger partial charge in [-0.2, -0.15) is 0 Å². The second-order valence-corrected chi connectivity index (χ2v) is 13.7. The molecular weight excluding hydrogens is 699 g/mol. The molecular formula is C36H28IrNO2Si-. The van der Waals surface area contributed by atoms with Crippen molar-refractivity contribution in [3.8, 4) is 11.3 Å². The van der Waals surface area contributed by atoms with Crippen molar-refractivity contribution in [3.05, 3.63) is 139 Å². The molecule has 5 heteroatoms. The van der Waals surface area contributed by atoms with E-state index in [9.17, 15) is 4.79 Å². The molecule has 1 aromatic heterocycles. The molecule has 1 aliphatic rings. The Kier molecular flexibility index (Phi) is 8.14. The minimum atomic E-state index is -2.65. The first-order valence-corrected chi connectivity index (χ1v) is 15.3. The molecule has 0 atom stereocenters. The van der Waals surface area contributed by atoms with Gasteiger partial charge in [-0.05, 0) is 57.5 Å². The smallest absolute Gasteiger partial charge is 0.155 e. The molecule has 0 saturated heterocycles. The van der Waals surface area contributed by atoms with Gasteiger partial charge in [0.2, 0.25) is 0 Å². The van der Waals surface area contributed by atoms with Crippen molar-refractivity contribution in [1.82, 2.24) is 4.98 Å². The maximum atomic E-state index is 10.0. The van der Waals surface area contributed by atoms with Gasteiger partial charge < -0.3 is 10.1 Å².